The summed E-state index contributed by atoms with van der Waals surface area (Å²) in [6.07, 6.45) is 1.97. The van der Waals surface area contributed by atoms with E-state index < -0.39 is 6.04 Å². The van der Waals surface area contributed by atoms with Crippen molar-refractivity contribution in [2.75, 3.05) is 6.54 Å². The van der Waals surface area contributed by atoms with Crippen LogP contribution in [0.2, 0.25) is 0 Å². The van der Waals surface area contributed by atoms with Crippen LogP contribution in [-0.4, -0.2) is 29.3 Å². The zero-order valence-electron chi connectivity index (χ0n) is 13.0. The number of hydrogen-bond donors (Lipinski definition) is 1. The first-order valence-electron chi connectivity index (χ1n) is 7.64. The van der Waals surface area contributed by atoms with Crippen LogP contribution in [0.1, 0.15) is 45.2 Å². The molecular formula is C17H24N2O2. The Balaban J connectivity index is 2.24. The molecule has 2 amide bonds. The maximum absolute atomic E-state index is 12.3. The summed E-state index contributed by atoms with van der Waals surface area (Å²) in [5, 5.41) is 2.70. The van der Waals surface area contributed by atoms with Gasteiger partial charge in [0, 0.05) is 6.04 Å². The van der Waals surface area contributed by atoms with Gasteiger partial charge in [0.25, 0.3) is 0 Å². The van der Waals surface area contributed by atoms with E-state index >= 15 is 0 Å². The Kier molecular flexibility index (Phi) is 4.99. The average molecular weight is 288 g/mol. The average Bonchev–Trinajstić information content (AvgIpc) is 2.47. The van der Waals surface area contributed by atoms with E-state index in [9.17, 15) is 9.59 Å². The van der Waals surface area contributed by atoms with Crippen LogP contribution < -0.4 is 5.32 Å². The minimum absolute atomic E-state index is 0.000269. The third-order valence-corrected chi connectivity index (χ3v) is 3.98. The van der Waals surface area contributed by atoms with Crippen molar-refractivity contribution in [1.82, 2.24) is 10.2 Å². The van der Waals surface area contributed by atoms with Crippen molar-refractivity contribution in [3.63, 3.8) is 0 Å². The zero-order valence-corrected chi connectivity index (χ0v) is 13.0. The molecule has 1 aliphatic rings. The molecule has 1 fully saturated rings. The largest absolute Gasteiger partial charge is 0.345 e. The SMILES string of the molecule is CC(C)CCC(C)N1C(=O)CNC(=O)C1c1ccccc1. The molecule has 2 atom stereocenters. The summed E-state index contributed by atoms with van der Waals surface area (Å²) in [6, 6.07) is 9.09. The summed E-state index contributed by atoms with van der Waals surface area (Å²) in [4.78, 5) is 26.4. The van der Waals surface area contributed by atoms with Crippen LogP contribution in [0.4, 0.5) is 0 Å². The van der Waals surface area contributed by atoms with Crippen molar-refractivity contribution in [3.05, 3.63) is 35.9 Å². The van der Waals surface area contributed by atoms with Crippen LogP contribution in [0.25, 0.3) is 0 Å². The summed E-state index contributed by atoms with van der Waals surface area (Å²) in [5.41, 5.74) is 0.874. The van der Waals surface area contributed by atoms with E-state index in [4.69, 9.17) is 0 Å². The van der Waals surface area contributed by atoms with Crippen LogP contribution >= 0.6 is 0 Å². The van der Waals surface area contributed by atoms with E-state index in [2.05, 4.69) is 19.2 Å². The number of nitrogens with one attached hydrogen (secondary N) is 1. The molecule has 0 aliphatic carbocycles. The first-order chi connectivity index (χ1) is 10.0. The van der Waals surface area contributed by atoms with Crippen molar-refractivity contribution in [2.24, 2.45) is 5.92 Å². The van der Waals surface area contributed by atoms with Gasteiger partial charge >= 0.3 is 0 Å². The lowest BCUT2D eigenvalue weighted by Gasteiger charge is -2.39. The number of carbonyl (C=O) groups is 2. The Hall–Kier alpha value is -1.84. The maximum Gasteiger partial charge on any atom is 0.247 e. The van der Waals surface area contributed by atoms with E-state index in [0.717, 1.165) is 18.4 Å². The van der Waals surface area contributed by atoms with Crippen LogP contribution in [0.5, 0.6) is 0 Å². The molecule has 4 nitrogen and oxygen atoms in total. The lowest BCUT2D eigenvalue weighted by molar-refractivity contribution is -0.148. The molecule has 1 aromatic rings. The van der Waals surface area contributed by atoms with Gasteiger partial charge in [0.15, 0.2) is 0 Å². The van der Waals surface area contributed by atoms with Crippen LogP contribution in [0, 0.1) is 5.92 Å². The second kappa shape index (κ2) is 6.74. The van der Waals surface area contributed by atoms with Gasteiger partial charge in [-0.15, -0.1) is 0 Å². The fourth-order valence-electron chi connectivity index (χ4n) is 2.78. The third kappa shape index (κ3) is 3.63. The van der Waals surface area contributed by atoms with E-state index in [1.807, 2.05) is 37.3 Å². The number of nitrogens with zero attached hydrogens (tertiary/aromatic N) is 1. The van der Waals surface area contributed by atoms with Crippen molar-refractivity contribution >= 4 is 11.8 Å². The standard InChI is InChI=1S/C17H24N2O2/c1-12(2)9-10-13(3)19-15(20)11-18-17(21)16(19)14-7-5-4-6-8-14/h4-8,12-13,16H,9-11H2,1-3H3,(H,18,21). The van der Waals surface area contributed by atoms with Crippen LogP contribution in [-0.2, 0) is 9.59 Å². The Bertz CT molecular complexity index is 499. The highest BCUT2D eigenvalue weighted by Crippen LogP contribution is 2.27. The number of rotatable bonds is 5. The van der Waals surface area contributed by atoms with Gasteiger partial charge in [-0.3, -0.25) is 9.59 Å². The highest BCUT2D eigenvalue weighted by molar-refractivity contribution is 5.95. The van der Waals surface area contributed by atoms with Gasteiger partial charge in [0.1, 0.15) is 6.04 Å². The molecule has 0 radical (unpaired) electrons. The third-order valence-electron chi connectivity index (χ3n) is 3.98. The van der Waals surface area contributed by atoms with Crippen LogP contribution in [0.15, 0.2) is 30.3 Å². The Morgan fingerprint density at radius 3 is 2.43 bits per heavy atom. The van der Waals surface area contributed by atoms with Crippen molar-refractivity contribution in [1.29, 1.82) is 0 Å². The molecule has 2 rings (SSSR count). The molecule has 0 saturated carbocycles. The first kappa shape index (κ1) is 15.5. The fourth-order valence-corrected chi connectivity index (χ4v) is 2.78. The monoisotopic (exact) mass is 288 g/mol. The van der Waals surface area contributed by atoms with Gasteiger partial charge in [-0.1, -0.05) is 44.2 Å². The van der Waals surface area contributed by atoms with Gasteiger partial charge < -0.3 is 10.2 Å². The van der Waals surface area contributed by atoms with E-state index in [0.29, 0.717) is 5.92 Å². The van der Waals surface area contributed by atoms with E-state index in [1.165, 1.54) is 0 Å². The molecule has 4 heteroatoms. The number of amides is 2. The number of carbonyl (C=O) groups excluding carboxylic acids is 2. The number of benzene rings is 1. The number of piperazine rings is 1. The smallest absolute Gasteiger partial charge is 0.247 e. The minimum atomic E-state index is -0.505. The van der Waals surface area contributed by atoms with Gasteiger partial charge in [0.05, 0.1) is 6.54 Å². The zero-order chi connectivity index (χ0) is 15.4. The molecule has 1 aliphatic heterocycles. The molecule has 0 aromatic heterocycles. The molecule has 1 N–H and O–H groups in total. The second-order valence-electron chi connectivity index (χ2n) is 6.15. The van der Waals surface area contributed by atoms with Crippen molar-refractivity contribution in [2.45, 2.75) is 45.7 Å². The summed E-state index contributed by atoms with van der Waals surface area (Å²) in [7, 11) is 0. The summed E-state index contributed by atoms with van der Waals surface area (Å²) < 4.78 is 0. The summed E-state index contributed by atoms with van der Waals surface area (Å²) >= 11 is 0. The predicted octanol–water partition coefficient (Wildman–Crippen LogP) is 2.51. The van der Waals surface area contributed by atoms with Crippen molar-refractivity contribution < 1.29 is 9.59 Å². The molecule has 0 spiro atoms. The molecule has 1 saturated heterocycles. The minimum Gasteiger partial charge on any atom is -0.345 e. The van der Waals surface area contributed by atoms with E-state index in [-0.39, 0.29) is 24.4 Å². The lowest BCUT2D eigenvalue weighted by Crippen LogP contribution is -2.56. The first-order valence-corrected chi connectivity index (χ1v) is 7.64. The second-order valence-corrected chi connectivity index (χ2v) is 6.15. The topological polar surface area (TPSA) is 49.4 Å². The molecule has 21 heavy (non-hydrogen) atoms. The van der Waals surface area contributed by atoms with Gasteiger partial charge in [-0.2, -0.15) is 0 Å². The normalized spacial score (nSPS) is 20.6. The number of hydrogen-bond acceptors (Lipinski definition) is 2. The quantitative estimate of drug-likeness (QED) is 0.905. The Morgan fingerprint density at radius 1 is 1.14 bits per heavy atom. The maximum atomic E-state index is 12.3. The van der Waals surface area contributed by atoms with Crippen molar-refractivity contribution in [3.8, 4) is 0 Å². The molecular weight excluding hydrogens is 264 g/mol. The summed E-state index contributed by atoms with van der Waals surface area (Å²) in [6.45, 7) is 6.49. The lowest BCUT2D eigenvalue weighted by atomic mass is 9.97. The summed E-state index contributed by atoms with van der Waals surface area (Å²) in [5.74, 6) is 0.508. The molecule has 0 bridgehead atoms. The highest BCUT2D eigenvalue weighted by Gasteiger charge is 2.38. The fraction of sp³-hybridized carbons (Fsp3) is 0.529. The Morgan fingerprint density at radius 2 is 1.81 bits per heavy atom. The molecule has 2 unspecified atom stereocenters. The van der Waals surface area contributed by atoms with Gasteiger partial charge in [-0.25, -0.2) is 0 Å². The Labute approximate surface area is 126 Å². The molecule has 1 heterocycles. The van der Waals surface area contributed by atoms with Gasteiger partial charge in [-0.05, 0) is 31.2 Å². The molecule has 114 valence electrons. The molecule has 1 aromatic carbocycles. The highest BCUT2D eigenvalue weighted by atomic mass is 16.2. The van der Waals surface area contributed by atoms with Crippen LogP contribution in [0.3, 0.4) is 0 Å². The van der Waals surface area contributed by atoms with E-state index in [1.54, 1.807) is 4.90 Å². The van der Waals surface area contributed by atoms with Gasteiger partial charge in [0.2, 0.25) is 11.8 Å². The predicted molar refractivity (Wildman–Crippen MR) is 82.6 cm³/mol.